The van der Waals surface area contributed by atoms with Crippen molar-refractivity contribution in [3.05, 3.63) is 71.9 Å². The third kappa shape index (κ3) is 3.34. The van der Waals surface area contributed by atoms with Crippen LogP contribution in [0.5, 0.6) is 0 Å². The summed E-state index contributed by atoms with van der Waals surface area (Å²) in [4.78, 5) is 26.6. The summed E-state index contributed by atoms with van der Waals surface area (Å²) in [6, 6.07) is 14.4. The van der Waals surface area contributed by atoms with Crippen molar-refractivity contribution < 1.29 is 14.8 Å². The molecule has 0 radical (unpaired) electrons. The maximum absolute atomic E-state index is 12.5. The maximum Gasteiger partial charge on any atom is 0.267 e. The topological polar surface area (TPSA) is 94.2 Å². The molecule has 0 saturated carbocycles. The standard InChI is InChI=1S/C18H15N3O3/c22-17(21-24)8-6-12-3-1-2-4-16(12)20-18(23)14-5-7-15-13(11-14)9-10-19-15/h1-11,19,24H,(H,20,23)(H,21,22)/b8-6+. The molecule has 0 saturated heterocycles. The Labute approximate surface area is 137 Å². The van der Waals surface area contributed by atoms with Crippen molar-refractivity contribution >= 4 is 34.5 Å². The summed E-state index contributed by atoms with van der Waals surface area (Å²) >= 11 is 0. The lowest BCUT2D eigenvalue weighted by atomic mass is 10.1. The van der Waals surface area contributed by atoms with Gasteiger partial charge in [0.05, 0.1) is 0 Å². The van der Waals surface area contributed by atoms with Gasteiger partial charge in [0.1, 0.15) is 0 Å². The molecule has 0 bridgehead atoms. The predicted molar refractivity (Wildman–Crippen MR) is 91.7 cm³/mol. The van der Waals surface area contributed by atoms with Crippen LogP contribution in [0.15, 0.2) is 60.8 Å². The van der Waals surface area contributed by atoms with Crippen molar-refractivity contribution in [2.75, 3.05) is 5.32 Å². The van der Waals surface area contributed by atoms with E-state index < -0.39 is 5.91 Å². The van der Waals surface area contributed by atoms with E-state index in [1.165, 1.54) is 17.6 Å². The predicted octanol–water partition coefficient (Wildman–Crippen LogP) is 2.94. The molecular formula is C18H15N3O3. The molecule has 0 atom stereocenters. The van der Waals surface area contributed by atoms with Crippen molar-refractivity contribution in [3.8, 4) is 0 Å². The zero-order valence-electron chi connectivity index (χ0n) is 12.6. The van der Waals surface area contributed by atoms with Crippen molar-refractivity contribution in [3.63, 3.8) is 0 Å². The number of hydrogen-bond acceptors (Lipinski definition) is 3. The zero-order valence-corrected chi connectivity index (χ0v) is 12.6. The molecule has 3 rings (SSSR count). The number of aromatic nitrogens is 1. The van der Waals surface area contributed by atoms with Crippen LogP contribution in [-0.2, 0) is 4.79 Å². The highest BCUT2D eigenvalue weighted by atomic mass is 16.5. The molecule has 0 unspecified atom stereocenters. The minimum atomic E-state index is -0.644. The van der Waals surface area contributed by atoms with Crippen LogP contribution in [0.1, 0.15) is 15.9 Å². The number of H-pyrrole nitrogens is 1. The number of anilines is 1. The van der Waals surface area contributed by atoms with Crippen LogP contribution in [0.25, 0.3) is 17.0 Å². The Morgan fingerprint density at radius 3 is 2.75 bits per heavy atom. The summed E-state index contributed by atoms with van der Waals surface area (Å²) < 4.78 is 0. The highest BCUT2D eigenvalue weighted by Crippen LogP contribution is 2.19. The van der Waals surface area contributed by atoms with Gasteiger partial charge in [0.15, 0.2) is 0 Å². The number of benzene rings is 2. The van der Waals surface area contributed by atoms with Gasteiger partial charge in [-0.2, -0.15) is 0 Å². The van der Waals surface area contributed by atoms with Gasteiger partial charge >= 0.3 is 0 Å². The normalized spacial score (nSPS) is 10.9. The molecule has 4 N–H and O–H groups in total. The van der Waals surface area contributed by atoms with Gasteiger partial charge in [-0.15, -0.1) is 0 Å². The van der Waals surface area contributed by atoms with Crippen LogP contribution in [0.2, 0.25) is 0 Å². The number of fused-ring (bicyclic) bond motifs is 1. The summed E-state index contributed by atoms with van der Waals surface area (Å²) in [5.41, 5.74) is 4.24. The van der Waals surface area contributed by atoms with Gasteiger partial charge in [-0.25, -0.2) is 5.48 Å². The maximum atomic E-state index is 12.5. The Balaban J connectivity index is 1.83. The first kappa shape index (κ1) is 15.5. The van der Waals surface area contributed by atoms with Crippen LogP contribution in [0.4, 0.5) is 5.69 Å². The van der Waals surface area contributed by atoms with Crippen molar-refractivity contribution in [1.29, 1.82) is 0 Å². The summed E-state index contributed by atoms with van der Waals surface area (Å²) in [7, 11) is 0. The lowest BCUT2D eigenvalue weighted by molar-refractivity contribution is -0.124. The van der Waals surface area contributed by atoms with E-state index in [1.54, 1.807) is 36.4 Å². The Hall–Kier alpha value is -3.38. The van der Waals surface area contributed by atoms with Gasteiger partial charge < -0.3 is 10.3 Å². The van der Waals surface area contributed by atoms with Gasteiger partial charge in [-0.05, 0) is 42.0 Å². The summed E-state index contributed by atoms with van der Waals surface area (Å²) in [5, 5.41) is 12.3. The molecule has 0 fully saturated rings. The molecule has 0 aliphatic rings. The SMILES string of the molecule is O=C(/C=C/c1ccccc1NC(=O)c1ccc2[nH]ccc2c1)NO. The number of hydroxylamine groups is 1. The first-order valence-electron chi connectivity index (χ1n) is 7.27. The highest BCUT2D eigenvalue weighted by molar-refractivity contribution is 6.07. The summed E-state index contributed by atoms with van der Waals surface area (Å²) in [6.45, 7) is 0. The second kappa shape index (κ2) is 6.80. The Morgan fingerprint density at radius 1 is 1.08 bits per heavy atom. The lowest BCUT2D eigenvalue weighted by Crippen LogP contribution is -2.15. The van der Waals surface area contributed by atoms with E-state index in [-0.39, 0.29) is 5.91 Å². The monoisotopic (exact) mass is 321 g/mol. The molecule has 1 heterocycles. The van der Waals surface area contributed by atoms with Gasteiger partial charge in [-0.3, -0.25) is 14.8 Å². The second-order valence-corrected chi connectivity index (χ2v) is 5.13. The van der Waals surface area contributed by atoms with E-state index in [4.69, 9.17) is 5.21 Å². The van der Waals surface area contributed by atoms with Crippen LogP contribution >= 0.6 is 0 Å². The van der Waals surface area contributed by atoms with E-state index in [0.29, 0.717) is 16.8 Å². The van der Waals surface area contributed by atoms with Gasteiger partial charge in [0.25, 0.3) is 11.8 Å². The zero-order chi connectivity index (χ0) is 16.9. The number of rotatable bonds is 4. The molecule has 2 aromatic carbocycles. The van der Waals surface area contributed by atoms with Crippen molar-refractivity contribution in [1.82, 2.24) is 10.5 Å². The fourth-order valence-corrected chi connectivity index (χ4v) is 2.35. The quantitative estimate of drug-likeness (QED) is 0.338. The minimum Gasteiger partial charge on any atom is -0.361 e. The third-order valence-corrected chi connectivity index (χ3v) is 3.55. The fraction of sp³-hybridized carbons (Fsp3) is 0. The molecule has 2 amide bonds. The summed E-state index contributed by atoms with van der Waals surface area (Å²) in [6.07, 6.45) is 4.51. The highest BCUT2D eigenvalue weighted by Gasteiger charge is 2.09. The van der Waals surface area contributed by atoms with Crippen LogP contribution in [0, 0.1) is 0 Å². The number of para-hydroxylation sites is 1. The smallest absolute Gasteiger partial charge is 0.267 e. The van der Waals surface area contributed by atoms with Crippen LogP contribution in [-0.4, -0.2) is 22.0 Å². The molecule has 1 aromatic heterocycles. The Kier molecular flexibility index (Phi) is 4.40. The molecule has 6 nitrogen and oxygen atoms in total. The van der Waals surface area contributed by atoms with E-state index >= 15 is 0 Å². The molecule has 0 aliphatic carbocycles. The number of amides is 2. The second-order valence-electron chi connectivity index (χ2n) is 5.13. The number of carbonyl (C=O) groups is 2. The van der Waals surface area contributed by atoms with Gasteiger partial charge in [0, 0.05) is 34.4 Å². The van der Waals surface area contributed by atoms with E-state index in [0.717, 1.165) is 10.9 Å². The Morgan fingerprint density at radius 2 is 1.92 bits per heavy atom. The molecule has 120 valence electrons. The molecule has 3 aromatic rings. The number of nitrogens with one attached hydrogen (secondary N) is 3. The van der Waals surface area contributed by atoms with Crippen molar-refractivity contribution in [2.24, 2.45) is 0 Å². The fourth-order valence-electron chi connectivity index (χ4n) is 2.35. The number of carbonyl (C=O) groups excluding carboxylic acids is 2. The van der Waals surface area contributed by atoms with E-state index in [9.17, 15) is 9.59 Å². The summed E-state index contributed by atoms with van der Waals surface area (Å²) in [5.74, 6) is -0.889. The number of aromatic amines is 1. The molecule has 24 heavy (non-hydrogen) atoms. The van der Waals surface area contributed by atoms with Crippen LogP contribution in [0.3, 0.4) is 0 Å². The Bertz CT molecular complexity index is 928. The lowest BCUT2D eigenvalue weighted by Gasteiger charge is -2.08. The van der Waals surface area contributed by atoms with E-state index in [2.05, 4.69) is 10.3 Å². The molecule has 0 spiro atoms. The number of hydrogen-bond donors (Lipinski definition) is 4. The largest absolute Gasteiger partial charge is 0.361 e. The first-order valence-corrected chi connectivity index (χ1v) is 7.27. The van der Waals surface area contributed by atoms with Gasteiger partial charge in [0.2, 0.25) is 0 Å². The third-order valence-electron chi connectivity index (χ3n) is 3.55. The first-order chi connectivity index (χ1) is 11.7. The molecule has 6 heteroatoms. The molecule has 0 aliphatic heterocycles. The molecular weight excluding hydrogens is 306 g/mol. The van der Waals surface area contributed by atoms with Crippen molar-refractivity contribution in [2.45, 2.75) is 0 Å². The minimum absolute atomic E-state index is 0.245. The van der Waals surface area contributed by atoms with Gasteiger partial charge in [-0.1, -0.05) is 18.2 Å². The average Bonchev–Trinajstić information content (AvgIpc) is 3.08. The van der Waals surface area contributed by atoms with Crippen LogP contribution < -0.4 is 10.8 Å². The average molecular weight is 321 g/mol. The van der Waals surface area contributed by atoms with E-state index in [1.807, 2.05) is 18.3 Å².